The number of nitrogen functional groups attached to an aromatic ring is 1. The number of benzene rings is 4. The summed E-state index contributed by atoms with van der Waals surface area (Å²) in [5, 5.41) is 3.53. The van der Waals surface area contributed by atoms with E-state index in [1.807, 2.05) is 36.4 Å². The average molecular weight is 644 g/mol. The van der Waals surface area contributed by atoms with Gasteiger partial charge in [-0.2, -0.15) is 0 Å². The highest BCUT2D eigenvalue weighted by Crippen LogP contribution is 2.34. The Morgan fingerprint density at radius 1 is 0.442 bits per heavy atom. The Bertz CT molecular complexity index is 1350. The van der Waals surface area contributed by atoms with Crippen molar-refractivity contribution in [3.8, 4) is 0 Å². The molecule has 4 aromatic carbocycles. The van der Waals surface area contributed by atoms with Crippen molar-refractivity contribution in [1.82, 2.24) is 0 Å². The zero-order chi connectivity index (χ0) is 32.6. The normalized spacial score (nSPS) is 11.9. The van der Waals surface area contributed by atoms with E-state index in [1.54, 1.807) is 0 Å². The molecule has 0 spiro atoms. The molecule has 0 bridgehead atoms. The van der Waals surface area contributed by atoms with Crippen LogP contribution < -0.4 is 11.1 Å². The lowest BCUT2D eigenvalue weighted by Crippen LogP contribution is -2.16. The highest BCUT2D eigenvalue weighted by molar-refractivity contribution is 9.10. The number of para-hydroxylation sites is 2. The molecule has 0 saturated carbocycles. The maximum absolute atomic E-state index is 5.36. The Morgan fingerprint density at radius 3 is 1.07 bits per heavy atom. The quantitative estimate of drug-likeness (QED) is 0.213. The van der Waals surface area contributed by atoms with Gasteiger partial charge in [-0.3, -0.25) is 0 Å². The molecule has 0 radical (unpaired) electrons. The third-order valence-electron chi connectivity index (χ3n) is 7.16. The molecule has 0 heterocycles. The fourth-order valence-electron chi connectivity index (χ4n) is 4.16. The van der Waals surface area contributed by atoms with Crippen molar-refractivity contribution in [3.63, 3.8) is 0 Å². The van der Waals surface area contributed by atoms with E-state index in [9.17, 15) is 0 Å². The molecular formula is C40H55BrN2. The van der Waals surface area contributed by atoms with Gasteiger partial charge < -0.3 is 11.1 Å². The highest BCUT2D eigenvalue weighted by Gasteiger charge is 2.21. The maximum Gasteiger partial charge on any atom is 0.0390 e. The molecule has 0 unspecified atom stereocenters. The van der Waals surface area contributed by atoms with Crippen LogP contribution in [0.2, 0.25) is 0 Å². The van der Waals surface area contributed by atoms with Crippen LogP contribution in [0.1, 0.15) is 105 Å². The Kier molecular flexibility index (Phi) is 12.3. The van der Waals surface area contributed by atoms with Gasteiger partial charge in [0.25, 0.3) is 0 Å². The summed E-state index contributed by atoms with van der Waals surface area (Å²) in [4.78, 5) is 0. The van der Waals surface area contributed by atoms with Crippen LogP contribution in [0, 0.1) is 0 Å². The maximum atomic E-state index is 5.36. The van der Waals surface area contributed by atoms with E-state index < -0.39 is 0 Å². The average Bonchev–Trinajstić information content (AvgIpc) is 2.88. The first kappa shape index (κ1) is 36.2. The fourth-order valence-corrected chi connectivity index (χ4v) is 4.66. The molecule has 3 heteroatoms. The predicted molar refractivity (Wildman–Crippen MR) is 196 cm³/mol. The number of nitrogens with two attached hydrogens (primary N) is 1. The summed E-state index contributed by atoms with van der Waals surface area (Å²) in [6.07, 6.45) is 0. The van der Waals surface area contributed by atoms with Gasteiger partial charge in [-0.05, 0) is 92.4 Å². The smallest absolute Gasteiger partial charge is 0.0390 e. The Hall–Kier alpha value is -3.04. The van der Waals surface area contributed by atoms with E-state index in [-0.39, 0.29) is 21.7 Å². The number of hydrogen-bond donors (Lipinski definition) is 2. The zero-order valence-corrected chi connectivity index (χ0v) is 30.3. The van der Waals surface area contributed by atoms with E-state index in [4.69, 9.17) is 5.73 Å². The van der Waals surface area contributed by atoms with Gasteiger partial charge in [0, 0.05) is 21.5 Å². The van der Waals surface area contributed by atoms with E-state index >= 15 is 0 Å². The molecule has 43 heavy (non-hydrogen) atoms. The lowest BCUT2D eigenvalue weighted by molar-refractivity contribution is 0.567. The first-order valence-electron chi connectivity index (χ1n) is 15.3. The standard InChI is InChI=1S/C20H27N.C14H21Br.C6H7N/c1-19(2,3)15-12-16(20(4,5)6)14-18(13-15)21-17-10-8-7-9-11-17;1-13(2,3)10-7-11(14(4,5)6)9-12(15)8-10;7-6-4-2-1-3-5-6/h7-14,21H,1-6H3;7-9H,1-6H3;1-5H,7H2. The Balaban J connectivity index is 0.000000254. The molecule has 0 aromatic heterocycles. The first-order valence-corrected chi connectivity index (χ1v) is 16.1. The zero-order valence-electron chi connectivity index (χ0n) is 28.7. The summed E-state index contributed by atoms with van der Waals surface area (Å²) < 4.78 is 1.18. The van der Waals surface area contributed by atoms with Crippen LogP contribution in [0.3, 0.4) is 0 Å². The molecule has 0 fully saturated rings. The number of nitrogens with one attached hydrogen (secondary N) is 1. The SMILES string of the molecule is CC(C)(C)c1cc(Br)cc(C(C)(C)C)c1.CC(C)(C)c1cc(Nc2ccccc2)cc(C(C)(C)C)c1.Nc1ccccc1. The minimum absolute atomic E-state index is 0.147. The summed E-state index contributed by atoms with van der Waals surface area (Å²) >= 11 is 3.60. The molecule has 0 saturated heterocycles. The van der Waals surface area contributed by atoms with Crippen LogP contribution in [0.4, 0.5) is 17.1 Å². The Morgan fingerprint density at radius 2 is 0.767 bits per heavy atom. The summed E-state index contributed by atoms with van der Waals surface area (Å²) in [5.41, 5.74) is 14.7. The van der Waals surface area contributed by atoms with Crippen LogP contribution in [0.25, 0.3) is 0 Å². The second kappa shape index (κ2) is 14.6. The van der Waals surface area contributed by atoms with Gasteiger partial charge in [-0.1, -0.05) is 148 Å². The van der Waals surface area contributed by atoms with Crippen molar-refractivity contribution in [1.29, 1.82) is 0 Å². The van der Waals surface area contributed by atoms with E-state index in [0.29, 0.717) is 0 Å². The van der Waals surface area contributed by atoms with Crippen LogP contribution in [0.5, 0.6) is 0 Å². The van der Waals surface area contributed by atoms with Gasteiger partial charge in [0.1, 0.15) is 0 Å². The van der Waals surface area contributed by atoms with E-state index in [1.165, 1.54) is 32.4 Å². The Labute approximate surface area is 271 Å². The molecule has 232 valence electrons. The second-order valence-corrected chi connectivity index (χ2v) is 16.3. The van der Waals surface area contributed by atoms with Gasteiger partial charge in [0.2, 0.25) is 0 Å². The monoisotopic (exact) mass is 642 g/mol. The molecule has 0 aliphatic rings. The lowest BCUT2D eigenvalue weighted by atomic mass is 9.80. The number of hydrogen-bond acceptors (Lipinski definition) is 2. The van der Waals surface area contributed by atoms with Gasteiger partial charge in [0.05, 0.1) is 0 Å². The molecule has 0 aliphatic carbocycles. The summed E-state index contributed by atoms with van der Waals surface area (Å²) in [6.45, 7) is 27.1. The predicted octanol–water partition coefficient (Wildman–Crippen LogP) is 12.3. The van der Waals surface area contributed by atoms with E-state index in [2.05, 4.69) is 165 Å². The van der Waals surface area contributed by atoms with Crippen molar-refractivity contribution in [2.45, 2.75) is 105 Å². The fraction of sp³-hybridized carbons (Fsp3) is 0.400. The number of rotatable bonds is 2. The lowest BCUT2D eigenvalue weighted by Gasteiger charge is -2.26. The third kappa shape index (κ3) is 12.6. The van der Waals surface area contributed by atoms with Gasteiger partial charge >= 0.3 is 0 Å². The third-order valence-corrected chi connectivity index (χ3v) is 7.61. The summed E-state index contributed by atoms with van der Waals surface area (Å²) in [7, 11) is 0. The summed E-state index contributed by atoms with van der Waals surface area (Å²) in [5.74, 6) is 0. The van der Waals surface area contributed by atoms with E-state index in [0.717, 1.165) is 11.4 Å². The topological polar surface area (TPSA) is 38.0 Å². The van der Waals surface area contributed by atoms with Crippen molar-refractivity contribution in [2.75, 3.05) is 11.1 Å². The van der Waals surface area contributed by atoms with Gasteiger partial charge in [0.15, 0.2) is 0 Å². The first-order chi connectivity index (χ1) is 19.7. The summed E-state index contributed by atoms with van der Waals surface area (Å²) in [6, 6.07) is 33.5. The van der Waals surface area contributed by atoms with Crippen molar-refractivity contribution < 1.29 is 0 Å². The molecule has 2 nitrogen and oxygen atoms in total. The number of halogens is 1. The molecule has 3 N–H and O–H groups in total. The van der Waals surface area contributed by atoms with Gasteiger partial charge in [-0.15, -0.1) is 0 Å². The molecule has 0 aliphatic heterocycles. The van der Waals surface area contributed by atoms with Crippen LogP contribution in [-0.2, 0) is 21.7 Å². The van der Waals surface area contributed by atoms with Gasteiger partial charge in [-0.25, -0.2) is 0 Å². The number of anilines is 3. The molecule has 0 atom stereocenters. The molecular weight excluding hydrogens is 588 g/mol. The van der Waals surface area contributed by atoms with Crippen molar-refractivity contribution in [2.24, 2.45) is 0 Å². The minimum Gasteiger partial charge on any atom is -0.399 e. The molecule has 4 rings (SSSR count). The second-order valence-electron chi connectivity index (χ2n) is 15.4. The minimum atomic E-state index is 0.147. The van der Waals surface area contributed by atoms with Crippen molar-refractivity contribution in [3.05, 3.63) is 124 Å². The van der Waals surface area contributed by atoms with Crippen LogP contribution in [0.15, 0.2) is 102 Å². The molecule has 0 amide bonds. The van der Waals surface area contributed by atoms with Crippen LogP contribution >= 0.6 is 15.9 Å². The molecule has 4 aromatic rings. The largest absolute Gasteiger partial charge is 0.399 e. The van der Waals surface area contributed by atoms with Crippen molar-refractivity contribution >= 4 is 33.0 Å². The van der Waals surface area contributed by atoms with Crippen LogP contribution in [-0.4, -0.2) is 0 Å². The highest BCUT2D eigenvalue weighted by atomic mass is 79.9.